The third-order valence-electron chi connectivity index (χ3n) is 4.79. The molecule has 152 valence electrons. The van der Waals surface area contributed by atoms with Gasteiger partial charge in [0.25, 0.3) is 0 Å². The van der Waals surface area contributed by atoms with Crippen LogP contribution in [0.4, 0.5) is 10.2 Å². The first-order valence-electron chi connectivity index (χ1n) is 9.41. The Labute approximate surface area is 169 Å². The number of amides is 1. The van der Waals surface area contributed by atoms with Crippen LogP contribution in [0.1, 0.15) is 28.9 Å². The van der Waals surface area contributed by atoms with Crippen LogP contribution in [0.5, 0.6) is 0 Å². The van der Waals surface area contributed by atoms with Gasteiger partial charge in [0.2, 0.25) is 5.91 Å². The largest absolute Gasteiger partial charge is 0.363 e. The Kier molecular flexibility index (Phi) is 6.21. The lowest BCUT2D eigenvalue weighted by atomic mass is 10.1. The molecule has 3 rings (SSSR count). The van der Waals surface area contributed by atoms with E-state index in [4.69, 9.17) is 0 Å². The number of nitrogens with zero attached hydrogens (tertiary/aromatic N) is 5. The van der Waals surface area contributed by atoms with Crippen molar-refractivity contribution < 1.29 is 9.18 Å². The molecule has 1 amide bonds. The number of halogens is 1. The maximum atomic E-state index is 13.7. The van der Waals surface area contributed by atoms with Gasteiger partial charge in [0.15, 0.2) is 5.82 Å². The predicted molar refractivity (Wildman–Crippen MR) is 110 cm³/mol. The number of aryl methyl sites for hydroxylation is 1. The average Bonchev–Trinajstić information content (AvgIpc) is 2.99. The van der Waals surface area contributed by atoms with Gasteiger partial charge < -0.3 is 10.2 Å². The van der Waals surface area contributed by atoms with Gasteiger partial charge in [-0.3, -0.25) is 4.79 Å². The molecule has 0 aliphatic rings. The number of aromatic nitrogens is 4. The highest BCUT2D eigenvalue weighted by Gasteiger charge is 2.16. The first-order valence-corrected chi connectivity index (χ1v) is 9.41. The zero-order valence-electron chi connectivity index (χ0n) is 17.1. The van der Waals surface area contributed by atoms with E-state index in [0.717, 1.165) is 22.8 Å². The van der Waals surface area contributed by atoms with Gasteiger partial charge in [0.05, 0.1) is 5.69 Å². The number of rotatable bonds is 7. The van der Waals surface area contributed by atoms with Gasteiger partial charge in [-0.15, -0.1) is 0 Å². The van der Waals surface area contributed by atoms with Gasteiger partial charge in [0.1, 0.15) is 18.0 Å². The molecular formula is C21H25FN6O. The van der Waals surface area contributed by atoms with Crippen LogP contribution in [0.15, 0.2) is 36.7 Å². The molecular weight excluding hydrogens is 371 g/mol. The Morgan fingerprint density at radius 1 is 1.21 bits per heavy atom. The molecule has 0 aliphatic carbocycles. The number of benzene rings is 1. The van der Waals surface area contributed by atoms with E-state index in [-0.39, 0.29) is 18.3 Å². The second kappa shape index (κ2) is 8.81. The van der Waals surface area contributed by atoms with Crippen LogP contribution in [0, 0.1) is 19.7 Å². The van der Waals surface area contributed by atoms with E-state index < -0.39 is 0 Å². The van der Waals surface area contributed by atoms with Crippen molar-refractivity contribution in [1.82, 2.24) is 25.1 Å². The van der Waals surface area contributed by atoms with Crippen molar-refractivity contribution in [2.45, 2.75) is 33.2 Å². The molecule has 1 N–H and O–H groups in total. The SMILES string of the molecule is Cc1nn(-c2cc(N(C)C)ncn2)c(C)c1CCC(=O)NCc1ccccc1F. The zero-order valence-corrected chi connectivity index (χ0v) is 17.1. The Hall–Kier alpha value is -3.29. The Morgan fingerprint density at radius 2 is 1.97 bits per heavy atom. The first-order chi connectivity index (χ1) is 13.9. The predicted octanol–water partition coefficient (Wildman–Crippen LogP) is 2.73. The summed E-state index contributed by atoms with van der Waals surface area (Å²) in [5.41, 5.74) is 3.28. The fourth-order valence-electron chi connectivity index (χ4n) is 3.12. The van der Waals surface area contributed by atoms with Crippen molar-refractivity contribution in [1.29, 1.82) is 0 Å². The van der Waals surface area contributed by atoms with Crippen LogP contribution in [0.25, 0.3) is 5.82 Å². The summed E-state index contributed by atoms with van der Waals surface area (Å²) < 4.78 is 15.4. The van der Waals surface area contributed by atoms with Crippen molar-refractivity contribution in [3.63, 3.8) is 0 Å². The number of carbonyl (C=O) groups is 1. The van der Waals surface area contributed by atoms with E-state index in [2.05, 4.69) is 20.4 Å². The summed E-state index contributed by atoms with van der Waals surface area (Å²) in [5.74, 6) is 1.02. The molecule has 0 saturated heterocycles. The lowest BCUT2D eigenvalue weighted by molar-refractivity contribution is -0.121. The van der Waals surface area contributed by atoms with E-state index in [9.17, 15) is 9.18 Å². The summed E-state index contributed by atoms with van der Waals surface area (Å²) in [6.07, 6.45) is 2.36. The van der Waals surface area contributed by atoms with Gasteiger partial charge in [0, 0.05) is 44.4 Å². The summed E-state index contributed by atoms with van der Waals surface area (Å²) in [5, 5.41) is 7.37. The quantitative estimate of drug-likeness (QED) is 0.665. The molecule has 0 aliphatic heterocycles. The minimum atomic E-state index is -0.317. The summed E-state index contributed by atoms with van der Waals surface area (Å²) in [6, 6.07) is 8.29. The molecule has 2 aromatic heterocycles. The number of hydrogen-bond donors (Lipinski definition) is 1. The van der Waals surface area contributed by atoms with Gasteiger partial charge in [-0.05, 0) is 31.9 Å². The highest BCUT2D eigenvalue weighted by molar-refractivity contribution is 5.76. The van der Waals surface area contributed by atoms with Crippen LogP contribution in [0.3, 0.4) is 0 Å². The number of carbonyl (C=O) groups excluding carboxylic acids is 1. The fourth-order valence-corrected chi connectivity index (χ4v) is 3.12. The lowest BCUT2D eigenvalue weighted by Gasteiger charge is -2.12. The van der Waals surface area contributed by atoms with Crippen LogP contribution >= 0.6 is 0 Å². The topological polar surface area (TPSA) is 75.9 Å². The molecule has 8 heteroatoms. The lowest BCUT2D eigenvalue weighted by Crippen LogP contribution is -2.23. The zero-order chi connectivity index (χ0) is 21.0. The Morgan fingerprint density at radius 3 is 2.69 bits per heavy atom. The molecule has 0 spiro atoms. The molecule has 29 heavy (non-hydrogen) atoms. The normalized spacial score (nSPS) is 10.8. The molecule has 3 aromatic rings. The first kappa shape index (κ1) is 20.4. The molecule has 0 atom stereocenters. The van der Waals surface area contributed by atoms with E-state index >= 15 is 0 Å². The van der Waals surface area contributed by atoms with Crippen molar-refractivity contribution in [3.05, 3.63) is 65.0 Å². The van der Waals surface area contributed by atoms with Crippen molar-refractivity contribution in [2.75, 3.05) is 19.0 Å². The van der Waals surface area contributed by atoms with E-state index in [1.807, 2.05) is 38.9 Å². The van der Waals surface area contributed by atoms with Crippen LogP contribution in [-0.2, 0) is 17.8 Å². The number of hydrogen-bond acceptors (Lipinski definition) is 5. The molecule has 0 saturated carbocycles. The summed E-state index contributed by atoms with van der Waals surface area (Å²) in [7, 11) is 3.83. The second-order valence-corrected chi connectivity index (χ2v) is 7.06. The minimum absolute atomic E-state index is 0.128. The standard InChI is InChI=1S/C21H25FN6O/c1-14-17(9-10-21(29)23-12-16-7-5-6-8-18(16)22)15(2)28(26-14)20-11-19(27(3)4)24-13-25-20/h5-8,11,13H,9-10,12H2,1-4H3,(H,23,29). The summed E-state index contributed by atoms with van der Waals surface area (Å²) in [6.45, 7) is 4.06. The molecule has 2 heterocycles. The van der Waals surface area contributed by atoms with Crippen LogP contribution < -0.4 is 10.2 Å². The van der Waals surface area contributed by atoms with Gasteiger partial charge >= 0.3 is 0 Å². The highest BCUT2D eigenvalue weighted by Crippen LogP contribution is 2.20. The van der Waals surface area contributed by atoms with Crippen molar-refractivity contribution in [2.24, 2.45) is 0 Å². The van der Waals surface area contributed by atoms with E-state index in [0.29, 0.717) is 24.2 Å². The number of nitrogens with one attached hydrogen (secondary N) is 1. The van der Waals surface area contributed by atoms with Crippen molar-refractivity contribution in [3.8, 4) is 5.82 Å². The minimum Gasteiger partial charge on any atom is -0.363 e. The Bertz CT molecular complexity index is 1010. The molecule has 7 nitrogen and oxygen atoms in total. The molecule has 0 fully saturated rings. The highest BCUT2D eigenvalue weighted by atomic mass is 19.1. The fraction of sp³-hybridized carbons (Fsp3) is 0.333. The summed E-state index contributed by atoms with van der Waals surface area (Å²) in [4.78, 5) is 22.7. The number of anilines is 1. The maximum Gasteiger partial charge on any atom is 0.220 e. The third kappa shape index (κ3) is 4.77. The Balaban J connectivity index is 1.67. The maximum absolute atomic E-state index is 13.7. The van der Waals surface area contributed by atoms with Crippen LogP contribution in [0.2, 0.25) is 0 Å². The molecule has 0 unspecified atom stereocenters. The van der Waals surface area contributed by atoms with Gasteiger partial charge in [-0.25, -0.2) is 19.0 Å². The molecule has 0 bridgehead atoms. The van der Waals surface area contributed by atoms with E-state index in [1.54, 1.807) is 22.9 Å². The smallest absolute Gasteiger partial charge is 0.220 e. The van der Waals surface area contributed by atoms with Crippen LogP contribution in [-0.4, -0.2) is 39.8 Å². The van der Waals surface area contributed by atoms with Gasteiger partial charge in [-0.1, -0.05) is 18.2 Å². The molecule has 1 aromatic carbocycles. The summed E-state index contributed by atoms with van der Waals surface area (Å²) >= 11 is 0. The van der Waals surface area contributed by atoms with Gasteiger partial charge in [-0.2, -0.15) is 5.10 Å². The monoisotopic (exact) mass is 396 g/mol. The van der Waals surface area contributed by atoms with E-state index in [1.165, 1.54) is 12.4 Å². The molecule has 0 radical (unpaired) electrons. The second-order valence-electron chi connectivity index (χ2n) is 7.06. The third-order valence-corrected chi connectivity index (χ3v) is 4.79. The average molecular weight is 396 g/mol. The van der Waals surface area contributed by atoms with Crippen molar-refractivity contribution >= 4 is 11.7 Å².